The topological polar surface area (TPSA) is 63.7 Å². The molecule has 0 aliphatic carbocycles. The number of amides is 1. The minimum absolute atomic E-state index is 0.0774. The summed E-state index contributed by atoms with van der Waals surface area (Å²) >= 11 is 0. The van der Waals surface area contributed by atoms with Crippen molar-refractivity contribution in [2.75, 3.05) is 39.5 Å². The molecule has 0 radical (unpaired) electrons. The van der Waals surface area contributed by atoms with Crippen molar-refractivity contribution in [2.24, 2.45) is 0 Å². The quantitative estimate of drug-likeness (QED) is 0.521. The number of nitrogens with one attached hydrogen (secondary N) is 1. The number of aromatic nitrogens is 1. The first-order valence-electron chi connectivity index (χ1n) is 11.3. The van der Waals surface area contributed by atoms with Gasteiger partial charge >= 0.3 is 0 Å². The molecule has 1 aliphatic heterocycles. The summed E-state index contributed by atoms with van der Waals surface area (Å²) in [5, 5.41) is 2.75. The molecule has 0 bridgehead atoms. The Morgan fingerprint density at radius 3 is 2.68 bits per heavy atom. The number of morpholine rings is 1. The summed E-state index contributed by atoms with van der Waals surface area (Å²) in [6, 6.07) is 14.3. The largest absolute Gasteiger partial charge is 0.492 e. The maximum Gasteiger partial charge on any atom is 0.226 e. The van der Waals surface area contributed by atoms with Crippen LogP contribution < -0.4 is 10.1 Å². The average Bonchev–Trinajstić information content (AvgIpc) is 2.84. The summed E-state index contributed by atoms with van der Waals surface area (Å²) in [6.45, 7) is 4.72. The van der Waals surface area contributed by atoms with E-state index in [1.807, 2.05) is 0 Å². The minimum atomic E-state index is -0.397. The first-order chi connectivity index (χ1) is 16.6. The molecule has 6 nitrogen and oxygen atoms in total. The van der Waals surface area contributed by atoms with E-state index in [4.69, 9.17) is 9.47 Å². The third kappa shape index (κ3) is 6.82. The minimum Gasteiger partial charge on any atom is -0.492 e. The molecule has 0 unspecified atom stereocenters. The Morgan fingerprint density at radius 1 is 1.09 bits per heavy atom. The Kier molecular flexibility index (Phi) is 8.17. The van der Waals surface area contributed by atoms with E-state index in [0.717, 1.165) is 32.8 Å². The van der Waals surface area contributed by atoms with Crippen LogP contribution in [0.5, 0.6) is 5.75 Å². The van der Waals surface area contributed by atoms with Gasteiger partial charge < -0.3 is 14.8 Å². The van der Waals surface area contributed by atoms with Gasteiger partial charge in [-0.15, -0.1) is 0 Å². The number of halogens is 2. The number of carbonyl (C=O) groups excluding carboxylic acids is 1. The van der Waals surface area contributed by atoms with E-state index >= 15 is 0 Å². The van der Waals surface area contributed by atoms with Gasteiger partial charge in [0, 0.05) is 55.3 Å². The van der Waals surface area contributed by atoms with Crippen LogP contribution in [0.3, 0.4) is 0 Å². The summed E-state index contributed by atoms with van der Waals surface area (Å²) in [4.78, 5) is 18.7. The second-order valence-electron chi connectivity index (χ2n) is 8.07. The molecule has 0 spiro atoms. The zero-order chi connectivity index (χ0) is 23.8. The number of ether oxygens (including phenoxy) is 2. The SMILES string of the molecule is O=C(Cc1ccc(-c2ccc(OCCN3CCOCC3)cc2F)cn1)NCc1cccc(F)c1. The van der Waals surface area contributed by atoms with Gasteiger partial charge in [-0.3, -0.25) is 14.7 Å². The molecule has 34 heavy (non-hydrogen) atoms. The molecule has 0 atom stereocenters. The smallest absolute Gasteiger partial charge is 0.226 e. The number of pyridine rings is 1. The predicted molar refractivity (Wildman–Crippen MR) is 124 cm³/mol. The lowest BCUT2D eigenvalue weighted by Crippen LogP contribution is -2.38. The van der Waals surface area contributed by atoms with Crippen molar-refractivity contribution in [2.45, 2.75) is 13.0 Å². The third-order valence-corrected chi connectivity index (χ3v) is 5.58. The van der Waals surface area contributed by atoms with Crippen LogP contribution in [0.1, 0.15) is 11.3 Å². The van der Waals surface area contributed by atoms with Crippen LogP contribution in [0.4, 0.5) is 8.78 Å². The second-order valence-corrected chi connectivity index (χ2v) is 8.07. The predicted octanol–water partition coefficient (Wildman–Crippen LogP) is 3.60. The highest BCUT2D eigenvalue weighted by atomic mass is 19.1. The molecule has 4 rings (SSSR count). The Hall–Kier alpha value is -3.36. The summed E-state index contributed by atoms with van der Waals surface area (Å²) in [5.74, 6) is -0.488. The molecular weight excluding hydrogens is 440 g/mol. The van der Waals surface area contributed by atoms with Crippen molar-refractivity contribution < 1.29 is 23.0 Å². The molecule has 2 aromatic carbocycles. The first kappa shape index (κ1) is 23.8. The van der Waals surface area contributed by atoms with Crippen LogP contribution in [0, 0.1) is 11.6 Å². The molecule has 1 aliphatic rings. The van der Waals surface area contributed by atoms with Crippen LogP contribution in [-0.4, -0.2) is 55.2 Å². The zero-order valence-corrected chi connectivity index (χ0v) is 18.8. The maximum absolute atomic E-state index is 14.7. The van der Waals surface area contributed by atoms with Crippen molar-refractivity contribution in [1.29, 1.82) is 0 Å². The fraction of sp³-hybridized carbons (Fsp3) is 0.308. The molecule has 1 saturated heterocycles. The fourth-order valence-corrected chi connectivity index (χ4v) is 3.70. The van der Waals surface area contributed by atoms with E-state index in [1.165, 1.54) is 18.2 Å². The van der Waals surface area contributed by atoms with Crippen LogP contribution in [0.2, 0.25) is 0 Å². The van der Waals surface area contributed by atoms with E-state index in [9.17, 15) is 13.6 Å². The fourth-order valence-electron chi connectivity index (χ4n) is 3.70. The third-order valence-electron chi connectivity index (χ3n) is 5.58. The number of rotatable bonds is 9. The molecule has 1 amide bonds. The van der Waals surface area contributed by atoms with Gasteiger partial charge in [0.25, 0.3) is 0 Å². The number of nitrogens with zero attached hydrogens (tertiary/aromatic N) is 2. The van der Waals surface area contributed by atoms with Crippen LogP contribution in [-0.2, 0) is 22.5 Å². The molecule has 2 heterocycles. The maximum atomic E-state index is 14.7. The number of benzene rings is 2. The lowest BCUT2D eigenvalue weighted by Gasteiger charge is -2.26. The zero-order valence-electron chi connectivity index (χ0n) is 18.8. The van der Waals surface area contributed by atoms with Gasteiger partial charge in [-0.2, -0.15) is 0 Å². The molecule has 1 N–H and O–H groups in total. The highest BCUT2D eigenvalue weighted by Gasteiger charge is 2.12. The van der Waals surface area contributed by atoms with Crippen molar-refractivity contribution >= 4 is 5.91 Å². The Labute approximate surface area is 197 Å². The van der Waals surface area contributed by atoms with Gasteiger partial charge in [0.1, 0.15) is 24.0 Å². The lowest BCUT2D eigenvalue weighted by molar-refractivity contribution is -0.120. The summed E-state index contributed by atoms with van der Waals surface area (Å²) in [5.41, 5.74) is 2.26. The lowest BCUT2D eigenvalue weighted by atomic mass is 10.1. The second kappa shape index (κ2) is 11.7. The van der Waals surface area contributed by atoms with Crippen molar-refractivity contribution in [1.82, 2.24) is 15.2 Å². The van der Waals surface area contributed by atoms with Crippen molar-refractivity contribution in [3.8, 4) is 16.9 Å². The Balaban J connectivity index is 1.28. The number of carbonyl (C=O) groups is 1. The van der Waals surface area contributed by atoms with Gasteiger partial charge in [-0.05, 0) is 35.9 Å². The molecular formula is C26H27F2N3O3. The molecule has 8 heteroatoms. The summed E-state index contributed by atoms with van der Waals surface area (Å²) in [6.07, 6.45) is 1.63. The van der Waals surface area contributed by atoms with E-state index < -0.39 is 5.82 Å². The van der Waals surface area contributed by atoms with Crippen LogP contribution in [0.15, 0.2) is 60.8 Å². The number of hydrogen-bond acceptors (Lipinski definition) is 5. The van der Waals surface area contributed by atoms with Gasteiger partial charge in [0.05, 0.1) is 19.6 Å². The molecule has 1 aromatic heterocycles. The summed E-state index contributed by atoms with van der Waals surface area (Å²) in [7, 11) is 0. The average molecular weight is 468 g/mol. The van der Waals surface area contributed by atoms with E-state index in [-0.39, 0.29) is 24.7 Å². The van der Waals surface area contributed by atoms with Gasteiger partial charge in [-0.1, -0.05) is 18.2 Å². The monoisotopic (exact) mass is 467 g/mol. The normalized spacial score (nSPS) is 14.1. The molecule has 3 aromatic rings. The van der Waals surface area contributed by atoms with Crippen molar-refractivity contribution in [3.05, 3.63) is 83.7 Å². The standard InChI is InChI=1S/C26H27F2N3O3/c27-21-3-1-2-19(14-21)17-30-26(32)15-22-5-4-20(18-29-22)24-7-6-23(16-25(24)28)34-13-10-31-8-11-33-12-9-31/h1-7,14,16,18H,8-13,15,17H2,(H,30,32). The number of hydrogen-bond donors (Lipinski definition) is 1. The van der Waals surface area contributed by atoms with Gasteiger partial charge in [0.15, 0.2) is 0 Å². The molecule has 0 saturated carbocycles. The van der Waals surface area contributed by atoms with E-state index in [1.54, 1.807) is 42.6 Å². The van der Waals surface area contributed by atoms with Crippen LogP contribution >= 0.6 is 0 Å². The Bertz CT molecular complexity index is 1100. The highest BCUT2D eigenvalue weighted by molar-refractivity contribution is 5.78. The van der Waals surface area contributed by atoms with E-state index in [2.05, 4.69) is 15.2 Å². The highest BCUT2D eigenvalue weighted by Crippen LogP contribution is 2.26. The molecule has 1 fully saturated rings. The molecule has 178 valence electrons. The Morgan fingerprint density at radius 2 is 1.94 bits per heavy atom. The van der Waals surface area contributed by atoms with Crippen LogP contribution in [0.25, 0.3) is 11.1 Å². The summed E-state index contributed by atoms with van der Waals surface area (Å²) < 4.78 is 38.9. The first-order valence-corrected chi connectivity index (χ1v) is 11.3. The van der Waals surface area contributed by atoms with Crippen molar-refractivity contribution in [3.63, 3.8) is 0 Å². The van der Waals surface area contributed by atoms with Gasteiger partial charge in [-0.25, -0.2) is 8.78 Å². The van der Waals surface area contributed by atoms with Gasteiger partial charge in [0.2, 0.25) is 5.91 Å². The van der Waals surface area contributed by atoms with E-state index in [0.29, 0.717) is 34.7 Å².